The number of rotatable bonds is 7. The second kappa shape index (κ2) is 11.0. The number of nitrogens with one attached hydrogen (secondary N) is 1. The van der Waals surface area contributed by atoms with Crippen molar-refractivity contribution in [3.8, 4) is 5.75 Å². The zero-order chi connectivity index (χ0) is 26.7. The Morgan fingerprint density at radius 3 is 2.87 bits per heavy atom. The molecule has 5 rings (SSSR count). The SMILES string of the molecule is COC(=O)[C@@]12CC[C@@H](NCC=Cc3cc(F)ccc3F)C[C@H]1CCN(c1ncnc3ccc(OC)cc13)C2. The predicted octanol–water partition coefficient (Wildman–Crippen LogP) is 4.76. The highest BCUT2D eigenvalue weighted by Gasteiger charge is 2.53. The van der Waals surface area contributed by atoms with E-state index in [1.807, 2.05) is 18.2 Å². The number of carbonyl (C=O) groups excluding carboxylic acids is 1. The number of hydrogen-bond acceptors (Lipinski definition) is 7. The van der Waals surface area contributed by atoms with Crippen LogP contribution in [0.2, 0.25) is 0 Å². The molecule has 1 saturated heterocycles. The van der Waals surface area contributed by atoms with Crippen molar-refractivity contribution in [3.63, 3.8) is 0 Å². The van der Waals surface area contributed by atoms with Crippen LogP contribution in [0.25, 0.3) is 17.0 Å². The van der Waals surface area contributed by atoms with E-state index in [-0.39, 0.29) is 23.5 Å². The van der Waals surface area contributed by atoms with Crippen LogP contribution in [-0.2, 0) is 9.53 Å². The Balaban J connectivity index is 1.30. The Morgan fingerprint density at radius 2 is 2.05 bits per heavy atom. The summed E-state index contributed by atoms with van der Waals surface area (Å²) < 4.78 is 38.0. The standard InChI is InChI=1S/C29H32F2N4O3/c1-37-23-6-8-26-24(16-23)27(34-18-33-26)35-13-10-20-15-22(9-11-29(20,17-35)28(36)38-2)32-12-3-4-19-14-21(30)5-7-25(19)31/h3-8,14,16,18,20,22,32H,9-13,15,17H2,1-2H3/t20-,22-,29-/m1/s1. The minimum absolute atomic E-state index is 0.157. The number of aromatic nitrogens is 2. The number of carbonyl (C=O) groups is 1. The van der Waals surface area contributed by atoms with Gasteiger partial charge < -0.3 is 19.7 Å². The lowest BCUT2D eigenvalue weighted by molar-refractivity contribution is -0.160. The van der Waals surface area contributed by atoms with E-state index >= 15 is 0 Å². The lowest BCUT2D eigenvalue weighted by atomic mass is 9.61. The van der Waals surface area contributed by atoms with Gasteiger partial charge in [-0.2, -0.15) is 0 Å². The molecule has 1 aliphatic heterocycles. The van der Waals surface area contributed by atoms with Gasteiger partial charge in [0.25, 0.3) is 0 Å². The van der Waals surface area contributed by atoms with Crippen molar-refractivity contribution < 1.29 is 23.0 Å². The molecule has 3 aromatic rings. The van der Waals surface area contributed by atoms with Gasteiger partial charge in [-0.3, -0.25) is 4.79 Å². The van der Waals surface area contributed by atoms with Crippen LogP contribution in [0.1, 0.15) is 31.2 Å². The van der Waals surface area contributed by atoms with Crippen molar-refractivity contribution in [1.82, 2.24) is 15.3 Å². The molecule has 0 unspecified atom stereocenters. The minimum Gasteiger partial charge on any atom is -0.497 e. The highest BCUT2D eigenvalue weighted by atomic mass is 19.1. The molecule has 9 heteroatoms. The van der Waals surface area contributed by atoms with Crippen LogP contribution in [0.5, 0.6) is 5.75 Å². The third-order valence-corrected chi connectivity index (χ3v) is 8.00. The number of piperidine rings is 1. The molecule has 38 heavy (non-hydrogen) atoms. The van der Waals surface area contributed by atoms with Gasteiger partial charge in [-0.1, -0.05) is 12.2 Å². The summed E-state index contributed by atoms with van der Waals surface area (Å²) in [5.74, 6) is 0.584. The highest BCUT2D eigenvalue weighted by molar-refractivity contribution is 5.91. The van der Waals surface area contributed by atoms with Gasteiger partial charge in [-0.25, -0.2) is 18.7 Å². The monoisotopic (exact) mass is 522 g/mol. The van der Waals surface area contributed by atoms with E-state index in [4.69, 9.17) is 9.47 Å². The normalized spacial score (nSPS) is 23.4. The molecule has 2 aliphatic rings. The molecular weight excluding hydrogens is 490 g/mol. The molecule has 1 aliphatic carbocycles. The van der Waals surface area contributed by atoms with Crippen molar-refractivity contribution in [3.05, 3.63) is 66.0 Å². The van der Waals surface area contributed by atoms with E-state index in [0.29, 0.717) is 19.5 Å². The van der Waals surface area contributed by atoms with Crippen LogP contribution in [0.4, 0.5) is 14.6 Å². The van der Waals surface area contributed by atoms with Gasteiger partial charge in [0.2, 0.25) is 0 Å². The highest BCUT2D eigenvalue weighted by Crippen LogP contribution is 2.48. The van der Waals surface area contributed by atoms with Gasteiger partial charge in [0, 0.05) is 36.6 Å². The molecule has 7 nitrogen and oxygen atoms in total. The molecule has 3 atom stereocenters. The second-order valence-electron chi connectivity index (χ2n) is 10.1. The first-order valence-corrected chi connectivity index (χ1v) is 12.9. The number of halogens is 2. The van der Waals surface area contributed by atoms with Gasteiger partial charge >= 0.3 is 5.97 Å². The van der Waals surface area contributed by atoms with E-state index in [9.17, 15) is 13.6 Å². The van der Waals surface area contributed by atoms with Crippen molar-refractivity contribution >= 4 is 28.8 Å². The summed E-state index contributed by atoms with van der Waals surface area (Å²) in [6.45, 7) is 1.82. The molecule has 0 radical (unpaired) electrons. The predicted molar refractivity (Wildman–Crippen MR) is 142 cm³/mol. The summed E-state index contributed by atoms with van der Waals surface area (Å²) in [5.41, 5.74) is 0.425. The molecule has 1 saturated carbocycles. The quantitative estimate of drug-likeness (QED) is 0.449. The Kier molecular flexibility index (Phi) is 7.56. The van der Waals surface area contributed by atoms with Crippen LogP contribution in [0, 0.1) is 23.0 Å². The Morgan fingerprint density at radius 1 is 1.18 bits per heavy atom. The van der Waals surface area contributed by atoms with Gasteiger partial charge in [0.15, 0.2) is 0 Å². The van der Waals surface area contributed by atoms with E-state index in [0.717, 1.165) is 60.4 Å². The molecule has 0 amide bonds. The Hall–Kier alpha value is -3.59. The summed E-state index contributed by atoms with van der Waals surface area (Å²) in [4.78, 5) is 24.4. The van der Waals surface area contributed by atoms with E-state index in [2.05, 4.69) is 20.2 Å². The first kappa shape index (κ1) is 26.0. The van der Waals surface area contributed by atoms with Crippen LogP contribution in [0.15, 0.2) is 48.8 Å². The number of hydrogen-bond donors (Lipinski definition) is 1. The van der Waals surface area contributed by atoms with Crippen molar-refractivity contribution in [2.75, 3.05) is 38.8 Å². The summed E-state index contributed by atoms with van der Waals surface area (Å²) in [5, 5.41) is 4.40. The first-order chi connectivity index (χ1) is 18.4. The number of anilines is 1. The van der Waals surface area contributed by atoms with Crippen LogP contribution < -0.4 is 15.0 Å². The Bertz CT molecular complexity index is 1350. The average Bonchev–Trinajstić information content (AvgIpc) is 2.95. The molecule has 2 fully saturated rings. The number of esters is 1. The fraction of sp³-hybridized carbons (Fsp3) is 0.414. The molecule has 1 aromatic heterocycles. The number of methoxy groups -OCH3 is 2. The Labute approximate surface area is 220 Å². The van der Waals surface area contributed by atoms with Crippen molar-refractivity contribution in [2.45, 2.75) is 31.7 Å². The van der Waals surface area contributed by atoms with E-state index in [1.54, 1.807) is 25.6 Å². The fourth-order valence-corrected chi connectivity index (χ4v) is 6.02. The maximum atomic E-state index is 13.9. The van der Waals surface area contributed by atoms with Crippen LogP contribution >= 0.6 is 0 Å². The lowest BCUT2D eigenvalue weighted by Gasteiger charge is -2.51. The van der Waals surface area contributed by atoms with Crippen LogP contribution in [0.3, 0.4) is 0 Å². The summed E-state index contributed by atoms with van der Waals surface area (Å²) in [7, 11) is 3.09. The number of benzene rings is 2. The maximum Gasteiger partial charge on any atom is 0.313 e. The third kappa shape index (κ3) is 5.07. The third-order valence-electron chi connectivity index (χ3n) is 8.00. The van der Waals surface area contributed by atoms with Crippen molar-refractivity contribution in [1.29, 1.82) is 0 Å². The largest absolute Gasteiger partial charge is 0.497 e. The van der Waals surface area contributed by atoms with E-state index in [1.165, 1.54) is 13.2 Å². The zero-order valence-electron chi connectivity index (χ0n) is 21.6. The summed E-state index contributed by atoms with van der Waals surface area (Å²) >= 11 is 0. The van der Waals surface area contributed by atoms with Gasteiger partial charge in [-0.15, -0.1) is 0 Å². The van der Waals surface area contributed by atoms with E-state index < -0.39 is 17.0 Å². The van der Waals surface area contributed by atoms with Crippen molar-refractivity contribution in [2.24, 2.45) is 11.3 Å². The number of fused-ring (bicyclic) bond motifs is 2. The summed E-state index contributed by atoms with van der Waals surface area (Å²) in [6, 6.07) is 9.36. The summed E-state index contributed by atoms with van der Waals surface area (Å²) in [6.07, 6.45) is 8.11. The number of ether oxygens (including phenoxy) is 2. The van der Waals surface area contributed by atoms with Gasteiger partial charge in [0.1, 0.15) is 29.5 Å². The topological polar surface area (TPSA) is 76.6 Å². The smallest absolute Gasteiger partial charge is 0.313 e. The molecular formula is C29H32F2N4O3. The molecule has 2 aromatic carbocycles. The lowest BCUT2D eigenvalue weighted by Crippen LogP contribution is -2.58. The zero-order valence-corrected chi connectivity index (χ0v) is 21.6. The first-order valence-electron chi connectivity index (χ1n) is 12.9. The second-order valence-corrected chi connectivity index (χ2v) is 10.1. The minimum atomic E-state index is -0.623. The molecule has 0 bridgehead atoms. The maximum absolute atomic E-state index is 13.9. The van der Waals surface area contributed by atoms with Gasteiger partial charge in [0.05, 0.1) is 25.2 Å². The number of nitrogens with zero attached hydrogens (tertiary/aromatic N) is 3. The molecule has 200 valence electrons. The molecule has 0 spiro atoms. The van der Waals surface area contributed by atoms with Crippen LogP contribution in [-0.4, -0.2) is 55.8 Å². The van der Waals surface area contributed by atoms with Gasteiger partial charge in [-0.05, 0) is 68.0 Å². The fourth-order valence-electron chi connectivity index (χ4n) is 6.02. The average molecular weight is 523 g/mol. The molecule has 1 N–H and O–H groups in total. The molecule has 2 heterocycles.